The van der Waals surface area contributed by atoms with Crippen LogP contribution in [0.2, 0.25) is 0 Å². The number of anilines is 1. The van der Waals surface area contributed by atoms with Crippen LogP contribution in [0.1, 0.15) is 23.2 Å². The Balaban J connectivity index is 1.36. The van der Waals surface area contributed by atoms with E-state index in [1.807, 2.05) is 0 Å². The van der Waals surface area contributed by atoms with Gasteiger partial charge in [0.05, 0.1) is 6.04 Å². The van der Waals surface area contributed by atoms with Crippen molar-refractivity contribution in [1.29, 1.82) is 0 Å². The molecule has 200 valence electrons. The van der Waals surface area contributed by atoms with Gasteiger partial charge >= 0.3 is 18.2 Å². The minimum Gasteiger partial charge on any atom is -0.477 e. The molecule has 5 amide bonds. The lowest BCUT2D eigenvalue weighted by atomic mass is 9.78. The van der Waals surface area contributed by atoms with Gasteiger partial charge in [-0.05, 0) is 48.8 Å². The molecule has 0 radical (unpaired) electrons. The number of rotatable bonds is 5. The van der Waals surface area contributed by atoms with Crippen molar-refractivity contribution in [3.63, 3.8) is 0 Å². The minimum absolute atomic E-state index is 0.0170. The Bertz CT molecular complexity index is 1320. The highest BCUT2D eigenvalue weighted by Gasteiger charge is 2.64. The number of carbonyl (C=O) groups excluding carboxylic acids is 4. The molecule has 4 N–H and O–H groups in total. The average Bonchev–Trinajstić information content (AvgIpc) is 3.34. The monoisotopic (exact) mass is 533 g/mol. The van der Waals surface area contributed by atoms with Crippen molar-refractivity contribution in [2.75, 3.05) is 25.0 Å². The number of urea groups is 1. The Kier molecular flexibility index (Phi) is 5.92. The number of piperidine rings is 1. The molecule has 4 heterocycles. The van der Waals surface area contributed by atoms with Crippen molar-refractivity contribution in [1.82, 2.24) is 14.7 Å². The van der Waals surface area contributed by atoms with Gasteiger partial charge in [-0.25, -0.2) is 9.59 Å². The third kappa shape index (κ3) is 4.15. The third-order valence-electron chi connectivity index (χ3n) is 7.25. The number of nitrogens with one attached hydrogen (secondary N) is 1. The third-order valence-corrected chi connectivity index (χ3v) is 7.25. The fourth-order valence-electron chi connectivity index (χ4n) is 5.61. The molecule has 3 fully saturated rings. The van der Waals surface area contributed by atoms with E-state index in [0.29, 0.717) is 10.6 Å². The highest BCUT2D eigenvalue weighted by molar-refractivity contribution is 6.05. The van der Waals surface area contributed by atoms with Crippen LogP contribution in [-0.2, 0) is 14.4 Å². The quantitative estimate of drug-likeness (QED) is 0.383. The molecular weight excluding hydrogens is 511 g/mol. The number of aliphatic carboxylic acids is 1. The molecule has 1 unspecified atom stereocenters. The number of likely N-dealkylation sites (tertiary alicyclic amines) is 2. The predicted octanol–water partition coefficient (Wildman–Crippen LogP) is 1.29. The van der Waals surface area contributed by atoms with Crippen LogP contribution in [0.25, 0.3) is 0 Å². The SMILES string of the molecule is NC(=O)c1ccc(NC(=O)N2CCC3C(/C=C4\CCN(CC(F)(F)F)C4=O)=C(C(=O)O)N4C(=O)[C@@H]2[C@@H]34)cc1. The maximum Gasteiger partial charge on any atom is 0.406 e. The van der Waals surface area contributed by atoms with Gasteiger partial charge in [-0.15, -0.1) is 0 Å². The van der Waals surface area contributed by atoms with Gasteiger partial charge in [0.1, 0.15) is 18.3 Å². The summed E-state index contributed by atoms with van der Waals surface area (Å²) in [6.07, 6.45) is -2.96. The number of alkyl halides is 3. The summed E-state index contributed by atoms with van der Waals surface area (Å²) in [4.78, 5) is 65.0. The van der Waals surface area contributed by atoms with Gasteiger partial charge in [-0.2, -0.15) is 13.2 Å². The molecule has 0 bridgehead atoms. The molecule has 0 spiro atoms. The Hall–Kier alpha value is -4.36. The number of primary amides is 1. The maximum absolute atomic E-state index is 13.0. The van der Waals surface area contributed by atoms with Crippen LogP contribution in [0, 0.1) is 5.92 Å². The first kappa shape index (κ1) is 25.3. The molecular formula is C24H22F3N5O6. The molecule has 3 saturated heterocycles. The Morgan fingerprint density at radius 2 is 1.82 bits per heavy atom. The van der Waals surface area contributed by atoms with Gasteiger partial charge in [-0.1, -0.05) is 0 Å². The van der Waals surface area contributed by atoms with Gasteiger partial charge in [0.2, 0.25) is 11.8 Å². The van der Waals surface area contributed by atoms with Crippen molar-refractivity contribution in [2.45, 2.75) is 31.1 Å². The van der Waals surface area contributed by atoms with Gasteiger partial charge in [-0.3, -0.25) is 19.3 Å². The van der Waals surface area contributed by atoms with Crippen LogP contribution < -0.4 is 11.1 Å². The number of nitrogens with zero attached hydrogens (tertiary/aromatic N) is 3. The topological polar surface area (TPSA) is 153 Å². The Morgan fingerprint density at radius 3 is 2.42 bits per heavy atom. The van der Waals surface area contributed by atoms with E-state index in [1.165, 1.54) is 35.2 Å². The van der Waals surface area contributed by atoms with E-state index in [4.69, 9.17) is 5.73 Å². The van der Waals surface area contributed by atoms with Crippen LogP contribution in [-0.4, -0.2) is 87.4 Å². The summed E-state index contributed by atoms with van der Waals surface area (Å²) in [5.41, 5.74) is 5.75. The number of allylic oxidation sites excluding steroid dienone is 1. The summed E-state index contributed by atoms with van der Waals surface area (Å²) in [5, 5.41) is 12.5. The summed E-state index contributed by atoms with van der Waals surface area (Å²) in [7, 11) is 0. The minimum atomic E-state index is -4.56. The van der Waals surface area contributed by atoms with E-state index >= 15 is 0 Å². The molecule has 5 rings (SSSR count). The molecule has 3 atom stereocenters. The second kappa shape index (κ2) is 8.89. The van der Waals surface area contributed by atoms with Gasteiger partial charge in [0.25, 0.3) is 5.91 Å². The standard InChI is InChI=1S/C24H22F3N5O6/c25-24(26,27)10-30-7-5-12(20(30)34)9-15-14-6-8-31(18-16(14)32(21(18)35)17(15)22(36)37)23(38)29-13-3-1-11(2-4-13)19(28)33/h1-4,9,14,16,18H,5-8,10H2,(H2,28,33)(H,29,38)(H,36,37)/b12-9+/t14?,16-,18+/m1/s1. The van der Waals surface area contributed by atoms with Crippen molar-refractivity contribution in [3.8, 4) is 0 Å². The summed E-state index contributed by atoms with van der Waals surface area (Å²) in [6.45, 7) is -1.44. The van der Waals surface area contributed by atoms with E-state index < -0.39 is 60.4 Å². The first-order chi connectivity index (χ1) is 17.9. The highest BCUT2D eigenvalue weighted by atomic mass is 19.4. The van der Waals surface area contributed by atoms with Gasteiger partial charge in [0, 0.05) is 35.8 Å². The van der Waals surface area contributed by atoms with Crippen LogP contribution in [0.3, 0.4) is 0 Å². The van der Waals surface area contributed by atoms with Crippen molar-refractivity contribution >= 4 is 35.4 Å². The molecule has 1 aromatic rings. The number of hydrogen-bond donors (Lipinski definition) is 3. The number of carboxylic acid groups (broad SMARTS) is 1. The zero-order chi connectivity index (χ0) is 27.5. The molecule has 0 aliphatic carbocycles. The molecule has 11 nitrogen and oxygen atoms in total. The first-order valence-electron chi connectivity index (χ1n) is 11.7. The number of nitrogens with two attached hydrogens (primary N) is 1. The molecule has 0 aromatic heterocycles. The molecule has 14 heteroatoms. The van der Waals surface area contributed by atoms with E-state index in [1.54, 1.807) is 0 Å². The molecule has 4 aliphatic heterocycles. The zero-order valence-electron chi connectivity index (χ0n) is 19.7. The van der Waals surface area contributed by atoms with Crippen LogP contribution in [0.5, 0.6) is 0 Å². The van der Waals surface area contributed by atoms with Crippen molar-refractivity contribution < 1.29 is 42.3 Å². The summed E-state index contributed by atoms with van der Waals surface area (Å²) < 4.78 is 38.4. The van der Waals surface area contributed by atoms with Crippen LogP contribution >= 0.6 is 0 Å². The lowest BCUT2D eigenvalue weighted by molar-refractivity contribution is -0.160. The van der Waals surface area contributed by atoms with Gasteiger partial charge < -0.3 is 26.0 Å². The number of hydrogen-bond acceptors (Lipinski definition) is 5. The first-order valence-corrected chi connectivity index (χ1v) is 11.7. The average molecular weight is 533 g/mol. The Morgan fingerprint density at radius 1 is 1.13 bits per heavy atom. The van der Waals surface area contributed by atoms with Crippen molar-refractivity contribution in [2.24, 2.45) is 11.7 Å². The number of benzene rings is 1. The molecule has 38 heavy (non-hydrogen) atoms. The number of amides is 5. The number of carbonyl (C=O) groups is 5. The molecule has 4 aliphatic rings. The van der Waals surface area contributed by atoms with Gasteiger partial charge in [0.15, 0.2) is 0 Å². The lowest BCUT2D eigenvalue weighted by Crippen LogP contribution is -2.74. The highest BCUT2D eigenvalue weighted by Crippen LogP contribution is 2.50. The largest absolute Gasteiger partial charge is 0.477 e. The second-order valence-electron chi connectivity index (χ2n) is 9.47. The summed E-state index contributed by atoms with van der Waals surface area (Å²) in [5.74, 6) is -3.95. The van der Waals surface area contributed by atoms with Crippen LogP contribution in [0.4, 0.5) is 23.7 Å². The fourth-order valence-corrected chi connectivity index (χ4v) is 5.61. The molecule has 0 saturated carbocycles. The Labute approximate surface area is 213 Å². The van der Waals surface area contributed by atoms with E-state index in [9.17, 15) is 42.3 Å². The van der Waals surface area contributed by atoms with E-state index in [2.05, 4.69) is 5.32 Å². The zero-order valence-corrected chi connectivity index (χ0v) is 19.7. The normalized spacial score (nSPS) is 25.6. The lowest BCUT2D eigenvalue weighted by Gasteiger charge is -2.53. The summed E-state index contributed by atoms with van der Waals surface area (Å²) >= 11 is 0. The number of halogens is 3. The fraction of sp³-hybridized carbons (Fsp3) is 0.375. The summed E-state index contributed by atoms with van der Waals surface area (Å²) in [6, 6.07) is 3.62. The second-order valence-corrected chi connectivity index (χ2v) is 9.47. The van der Waals surface area contributed by atoms with E-state index in [-0.39, 0.29) is 48.3 Å². The van der Waals surface area contributed by atoms with Crippen LogP contribution in [0.15, 0.2) is 47.2 Å². The van der Waals surface area contributed by atoms with E-state index in [0.717, 1.165) is 4.90 Å². The smallest absolute Gasteiger partial charge is 0.406 e. The maximum atomic E-state index is 13.0. The predicted molar refractivity (Wildman–Crippen MR) is 123 cm³/mol. The number of β-lactam (4-membered cyclic amide) rings is 1. The number of carboxylic acids is 1. The van der Waals surface area contributed by atoms with Crippen molar-refractivity contribution in [3.05, 3.63) is 52.7 Å². The molecule has 1 aromatic carbocycles.